The van der Waals surface area contributed by atoms with E-state index in [4.69, 9.17) is 16.3 Å². The van der Waals surface area contributed by atoms with Gasteiger partial charge in [-0.15, -0.1) is 0 Å². The van der Waals surface area contributed by atoms with Crippen LogP contribution in [0.5, 0.6) is 5.75 Å². The number of hydrogen-bond donors (Lipinski definition) is 1. The van der Waals surface area contributed by atoms with Gasteiger partial charge in [0.2, 0.25) is 0 Å². The van der Waals surface area contributed by atoms with Gasteiger partial charge in [0.05, 0.1) is 12.1 Å². The van der Waals surface area contributed by atoms with Gasteiger partial charge in [-0.25, -0.2) is 8.42 Å². The van der Waals surface area contributed by atoms with Gasteiger partial charge in [-0.3, -0.25) is 9.52 Å². The van der Waals surface area contributed by atoms with Crippen LogP contribution in [-0.2, 0) is 16.6 Å². The third-order valence-electron chi connectivity index (χ3n) is 5.25. The molecule has 0 spiro atoms. The number of nitrogens with zero attached hydrogens (tertiary/aromatic N) is 1. The topological polar surface area (TPSA) is 75.7 Å². The number of methoxy groups -OCH3 is 1. The molecular formula is C24H23ClN2O4S. The standard InChI is InChI=1S/C24H23ClN2O4S/c1-31-21-12-8-19(9-13-21)26-32(29,30)23-15-18(7-14-22(23)25)24(28)27(20-10-11-20)16-17-5-3-2-4-6-17/h2-9,12-15,20,26H,10-11,16H2,1H3. The number of carbonyl (C=O) groups excluding carboxylic acids is 1. The number of sulfonamides is 1. The minimum atomic E-state index is -4.00. The van der Waals surface area contributed by atoms with Crippen LogP contribution < -0.4 is 9.46 Å². The van der Waals surface area contributed by atoms with Crippen LogP contribution in [0.3, 0.4) is 0 Å². The zero-order valence-electron chi connectivity index (χ0n) is 17.5. The lowest BCUT2D eigenvalue weighted by Gasteiger charge is -2.23. The van der Waals surface area contributed by atoms with Crippen molar-refractivity contribution in [1.82, 2.24) is 4.90 Å². The molecule has 0 heterocycles. The van der Waals surface area contributed by atoms with Crippen molar-refractivity contribution in [2.45, 2.75) is 30.3 Å². The number of ether oxygens (including phenoxy) is 1. The van der Waals surface area contributed by atoms with Gasteiger partial charge >= 0.3 is 0 Å². The van der Waals surface area contributed by atoms with Gasteiger partial charge in [-0.1, -0.05) is 41.9 Å². The van der Waals surface area contributed by atoms with Gasteiger partial charge in [-0.2, -0.15) is 0 Å². The Kier molecular flexibility index (Phi) is 6.39. The van der Waals surface area contributed by atoms with E-state index in [1.165, 1.54) is 19.2 Å². The summed E-state index contributed by atoms with van der Waals surface area (Å²) >= 11 is 6.22. The smallest absolute Gasteiger partial charge is 0.263 e. The summed E-state index contributed by atoms with van der Waals surface area (Å²) in [5.74, 6) is 0.395. The lowest BCUT2D eigenvalue weighted by atomic mass is 10.1. The molecule has 1 aliphatic rings. The molecule has 3 aromatic rings. The highest BCUT2D eigenvalue weighted by atomic mass is 35.5. The van der Waals surface area contributed by atoms with Crippen molar-refractivity contribution in [3.8, 4) is 5.75 Å². The third kappa shape index (κ3) is 5.06. The molecule has 0 aromatic heterocycles. The maximum atomic E-state index is 13.3. The summed E-state index contributed by atoms with van der Waals surface area (Å²) in [6.07, 6.45) is 1.88. The molecule has 0 bridgehead atoms. The van der Waals surface area contributed by atoms with Gasteiger partial charge < -0.3 is 9.64 Å². The van der Waals surface area contributed by atoms with Gasteiger partial charge in [0.15, 0.2) is 0 Å². The van der Waals surface area contributed by atoms with Crippen LogP contribution in [0.2, 0.25) is 5.02 Å². The van der Waals surface area contributed by atoms with Crippen molar-refractivity contribution in [1.29, 1.82) is 0 Å². The van der Waals surface area contributed by atoms with E-state index in [0.717, 1.165) is 18.4 Å². The average Bonchev–Trinajstić information content (AvgIpc) is 3.63. The molecule has 4 rings (SSSR count). The molecule has 0 saturated heterocycles. The first-order valence-electron chi connectivity index (χ1n) is 10.2. The fourth-order valence-corrected chi connectivity index (χ4v) is 5.00. The van der Waals surface area contributed by atoms with E-state index in [-0.39, 0.29) is 27.4 Å². The zero-order valence-corrected chi connectivity index (χ0v) is 19.1. The molecule has 1 aliphatic carbocycles. The van der Waals surface area contributed by atoms with Crippen LogP contribution in [0.25, 0.3) is 0 Å². The Morgan fingerprint density at radius 2 is 1.75 bits per heavy atom. The first-order chi connectivity index (χ1) is 15.4. The number of nitrogens with one attached hydrogen (secondary N) is 1. The molecule has 1 amide bonds. The summed E-state index contributed by atoms with van der Waals surface area (Å²) in [5, 5.41) is 0.0450. The fraction of sp³-hybridized carbons (Fsp3) is 0.208. The summed E-state index contributed by atoms with van der Waals surface area (Å²) < 4.78 is 33.6. The summed E-state index contributed by atoms with van der Waals surface area (Å²) in [5.41, 5.74) is 1.67. The number of benzene rings is 3. The summed E-state index contributed by atoms with van der Waals surface area (Å²) in [7, 11) is -2.47. The first kappa shape index (κ1) is 22.2. The minimum Gasteiger partial charge on any atom is -0.497 e. The van der Waals surface area contributed by atoms with E-state index in [0.29, 0.717) is 18.0 Å². The van der Waals surface area contributed by atoms with Crippen molar-refractivity contribution in [3.05, 3.63) is 88.9 Å². The molecule has 32 heavy (non-hydrogen) atoms. The molecule has 3 aromatic carbocycles. The predicted octanol–water partition coefficient (Wildman–Crippen LogP) is 4.95. The maximum Gasteiger partial charge on any atom is 0.263 e. The van der Waals surface area contributed by atoms with Gasteiger partial charge in [0, 0.05) is 23.8 Å². The van der Waals surface area contributed by atoms with Crippen molar-refractivity contribution >= 4 is 33.2 Å². The molecule has 166 valence electrons. The van der Waals surface area contributed by atoms with Gasteiger partial charge in [-0.05, 0) is 60.9 Å². The van der Waals surface area contributed by atoms with Crippen LogP contribution in [0.15, 0.2) is 77.7 Å². The molecule has 1 fully saturated rings. The highest BCUT2D eigenvalue weighted by molar-refractivity contribution is 7.92. The van der Waals surface area contributed by atoms with E-state index in [9.17, 15) is 13.2 Å². The summed E-state index contributed by atoms with van der Waals surface area (Å²) in [4.78, 5) is 15.0. The Morgan fingerprint density at radius 1 is 1.06 bits per heavy atom. The van der Waals surface area contributed by atoms with Crippen LogP contribution >= 0.6 is 11.6 Å². The van der Waals surface area contributed by atoms with Crippen molar-refractivity contribution in [2.75, 3.05) is 11.8 Å². The number of anilines is 1. The van der Waals surface area contributed by atoms with E-state index in [1.807, 2.05) is 30.3 Å². The van der Waals surface area contributed by atoms with Crippen LogP contribution in [0.4, 0.5) is 5.69 Å². The molecular weight excluding hydrogens is 448 g/mol. The number of carbonyl (C=O) groups is 1. The summed E-state index contributed by atoms with van der Waals surface area (Å²) in [6.45, 7) is 0.471. The van der Waals surface area contributed by atoms with Gasteiger partial charge in [0.25, 0.3) is 15.9 Å². The molecule has 1 N–H and O–H groups in total. The molecule has 0 atom stereocenters. The molecule has 6 nitrogen and oxygen atoms in total. The Balaban J connectivity index is 1.60. The van der Waals surface area contributed by atoms with E-state index >= 15 is 0 Å². The minimum absolute atomic E-state index is 0.0450. The second-order valence-electron chi connectivity index (χ2n) is 7.63. The average molecular weight is 471 g/mol. The summed E-state index contributed by atoms with van der Waals surface area (Å²) in [6, 6.07) is 20.7. The molecule has 0 aliphatic heterocycles. The quantitative estimate of drug-likeness (QED) is 0.505. The Labute approximate surface area is 192 Å². The molecule has 8 heteroatoms. The normalized spacial score (nSPS) is 13.4. The number of rotatable bonds is 8. The predicted molar refractivity (Wildman–Crippen MR) is 125 cm³/mol. The number of halogens is 1. The Morgan fingerprint density at radius 3 is 2.38 bits per heavy atom. The monoisotopic (exact) mass is 470 g/mol. The largest absolute Gasteiger partial charge is 0.497 e. The highest BCUT2D eigenvalue weighted by Crippen LogP contribution is 2.31. The van der Waals surface area contributed by atoms with E-state index < -0.39 is 10.0 Å². The second-order valence-corrected chi connectivity index (χ2v) is 9.69. The van der Waals surface area contributed by atoms with Gasteiger partial charge in [0.1, 0.15) is 10.6 Å². The van der Waals surface area contributed by atoms with E-state index in [1.54, 1.807) is 35.2 Å². The lowest BCUT2D eigenvalue weighted by Crippen LogP contribution is -2.32. The Bertz CT molecular complexity index is 1210. The molecule has 0 unspecified atom stereocenters. The SMILES string of the molecule is COc1ccc(NS(=O)(=O)c2cc(C(=O)N(Cc3ccccc3)C3CC3)ccc2Cl)cc1. The maximum absolute atomic E-state index is 13.3. The van der Waals surface area contributed by atoms with Crippen molar-refractivity contribution < 1.29 is 17.9 Å². The van der Waals surface area contributed by atoms with Crippen LogP contribution in [0, 0.1) is 0 Å². The first-order valence-corrected chi connectivity index (χ1v) is 12.0. The van der Waals surface area contributed by atoms with E-state index in [2.05, 4.69) is 4.72 Å². The molecule has 0 radical (unpaired) electrons. The molecule has 1 saturated carbocycles. The third-order valence-corrected chi connectivity index (χ3v) is 7.12. The number of hydrogen-bond acceptors (Lipinski definition) is 4. The fourth-order valence-electron chi connectivity index (χ4n) is 3.41. The highest BCUT2D eigenvalue weighted by Gasteiger charge is 2.33. The Hall–Kier alpha value is -3.03. The van der Waals surface area contributed by atoms with Crippen LogP contribution in [-0.4, -0.2) is 32.4 Å². The lowest BCUT2D eigenvalue weighted by molar-refractivity contribution is 0.0729. The second kappa shape index (κ2) is 9.22. The van der Waals surface area contributed by atoms with Crippen molar-refractivity contribution in [2.24, 2.45) is 0 Å². The van der Waals surface area contributed by atoms with Crippen molar-refractivity contribution in [3.63, 3.8) is 0 Å². The zero-order chi connectivity index (χ0) is 22.7. The van der Waals surface area contributed by atoms with Crippen LogP contribution in [0.1, 0.15) is 28.8 Å². The number of amides is 1.